The van der Waals surface area contributed by atoms with Gasteiger partial charge in [-0.15, -0.1) is 5.06 Å². The maximum atomic E-state index is 12.7. The molecule has 142 valence electrons. The molecule has 0 aliphatic carbocycles. The van der Waals surface area contributed by atoms with Crippen molar-refractivity contribution in [2.45, 2.75) is 38.4 Å². The van der Waals surface area contributed by atoms with E-state index in [4.69, 9.17) is 4.84 Å². The van der Waals surface area contributed by atoms with Crippen LogP contribution in [-0.4, -0.2) is 39.7 Å². The minimum Gasteiger partial charge on any atom is -0.480 e. The zero-order valence-corrected chi connectivity index (χ0v) is 15.2. The largest absolute Gasteiger partial charge is 0.480 e. The molecule has 6 heteroatoms. The minimum atomic E-state index is -0.982. The highest BCUT2D eigenvalue weighted by atomic mass is 16.7. The third-order valence-electron chi connectivity index (χ3n) is 4.63. The molecule has 1 fully saturated rings. The molecule has 1 aliphatic heterocycles. The van der Waals surface area contributed by atoms with Crippen molar-refractivity contribution in [1.29, 1.82) is 0 Å². The summed E-state index contributed by atoms with van der Waals surface area (Å²) < 4.78 is 0. The van der Waals surface area contributed by atoms with Gasteiger partial charge in [0.2, 0.25) is 0 Å². The fourth-order valence-corrected chi connectivity index (χ4v) is 3.26. The summed E-state index contributed by atoms with van der Waals surface area (Å²) in [5, 5.41) is 11.0. The molecule has 3 rings (SSSR count). The summed E-state index contributed by atoms with van der Waals surface area (Å²) >= 11 is 0. The number of nitrogens with zero attached hydrogens (tertiary/aromatic N) is 2. The number of hydrogen-bond acceptors (Lipinski definition) is 4. The number of amides is 1. The van der Waals surface area contributed by atoms with Crippen LogP contribution in [0.4, 0.5) is 4.79 Å². The van der Waals surface area contributed by atoms with Gasteiger partial charge in [0, 0.05) is 6.54 Å². The summed E-state index contributed by atoms with van der Waals surface area (Å²) in [4.78, 5) is 31.1. The number of piperidine rings is 1. The second-order valence-electron chi connectivity index (χ2n) is 6.67. The number of likely N-dealkylation sites (tertiary alicyclic amines) is 1. The second-order valence-corrected chi connectivity index (χ2v) is 6.67. The Hall–Kier alpha value is -2.86. The molecule has 0 bridgehead atoms. The van der Waals surface area contributed by atoms with Crippen LogP contribution in [0.3, 0.4) is 0 Å². The van der Waals surface area contributed by atoms with Crippen LogP contribution in [0.1, 0.15) is 30.4 Å². The van der Waals surface area contributed by atoms with E-state index in [2.05, 4.69) is 0 Å². The fourth-order valence-electron chi connectivity index (χ4n) is 3.26. The van der Waals surface area contributed by atoms with Crippen molar-refractivity contribution in [2.24, 2.45) is 0 Å². The Kier molecular flexibility index (Phi) is 6.44. The molecule has 2 aromatic carbocycles. The summed E-state index contributed by atoms with van der Waals surface area (Å²) in [5.74, 6) is -0.982. The first-order valence-corrected chi connectivity index (χ1v) is 9.17. The summed E-state index contributed by atoms with van der Waals surface area (Å²) in [5.41, 5.74) is 2.02. The number of carbonyl (C=O) groups excluding carboxylic acids is 1. The second kappa shape index (κ2) is 9.19. The lowest BCUT2D eigenvalue weighted by Crippen LogP contribution is -2.49. The Bertz CT molecular complexity index is 710. The van der Waals surface area contributed by atoms with Gasteiger partial charge in [-0.2, -0.15) is 0 Å². The van der Waals surface area contributed by atoms with Crippen molar-refractivity contribution in [2.75, 3.05) is 6.54 Å². The van der Waals surface area contributed by atoms with E-state index in [1.54, 1.807) is 5.06 Å². The van der Waals surface area contributed by atoms with E-state index in [9.17, 15) is 14.7 Å². The maximum Gasteiger partial charge on any atom is 0.429 e. The van der Waals surface area contributed by atoms with Gasteiger partial charge in [0.15, 0.2) is 0 Å². The predicted octanol–water partition coefficient (Wildman–Crippen LogP) is 3.68. The number of rotatable bonds is 6. The third kappa shape index (κ3) is 5.31. The summed E-state index contributed by atoms with van der Waals surface area (Å²) in [6.07, 6.45) is 1.45. The SMILES string of the molecule is O=C(O)C1CCCCN1C(=O)ON(Cc1ccccc1)Cc1ccccc1. The van der Waals surface area contributed by atoms with E-state index in [0.717, 1.165) is 24.0 Å². The van der Waals surface area contributed by atoms with Gasteiger partial charge in [-0.25, -0.2) is 9.59 Å². The van der Waals surface area contributed by atoms with Gasteiger partial charge < -0.3 is 9.94 Å². The molecule has 6 nitrogen and oxygen atoms in total. The van der Waals surface area contributed by atoms with Gasteiger partial charge >= 0.3 is 12.1 Å². The van der Waals surface area contributed by atoms with E-state index in [1.165, 1.54) is 4.90 Å². The summed E-state index contributed by atoms with van der Waals surface area (Å²) in [7, 11) is 0. The van der Waals surface area contributed by atoms with Crippen LogP contribution in [0, 0.1) is 0 Å². The molecule has 1 amide bonds. The van der Waals surface area contributed by atoms with Gasteiger partial charge in [0.25, 0.3) is 0 Å². The molecule has 27 heavy (non-hydrogen) atoms. The molecule has 0 radical (unpaired) electrons. The monoisotopic (exact) mass is 368 g/mol. The van der Waals surface area contributed by atoms with Crippen molar-refractivity contribution in [3.63, 3.8) is 0 Å². The van der Waals surface area contributed by atoms with Crippen molar-refractivity contribution in [3.05, 3.63) is 71.8 Å². The topological polar surface area (TPSA) is 70.1 Å². The predicted molar refractivity (Wildman–Crippen MR) is 101 cm³/mol. The van der Waals surface area contributed by atoms with Crippen molar-refractivity contribution >= 4 is 12.1 Å². The van der Waals surface area contributed by atoms with Crippen LogP contribution in [0.2, 0.25) is 0 Å². The van der Waals surface area contributed by atoms with Gasteiger partial charge in [0.05, 0.1) is 13.1 Å². The first-order chi connectivity index (χ1) is 13.1. The Balaban J connectivity index is 1.73. The van der Waals surface area contributed by atoms with Crippen molar-refractivity contribution in [3.8, 4) is 0 Å². The van der Waals surface area contributed by atoms with Crippen LogP contribution in [-0.2, 0) is 22.7 Å². The number of carboxylic acids is 1. The molecule has 2 aromatic rings. The highest BCUT2D eigenvalue weighted by molar-refractivity contribution is 5.80. The Morgan fingerprint density at radius 3 is 2.04 bits per heavy atom. The lowest BCUT2D eigenvalue weighted by atomic mass is 10.0. The lowest BCUT2D eigenvalue weighted by Gasteiger charge is -2.33. The number of carbonyl (C=O) groups is 2. The van der Waals surface area contributed by atoms with Crippen LogP contribution in [0.25, 0.3) is 0 Å². The number of aliphatic carboxylic acids is 1. The summed E-state index contributed by atoms with van der Waals surface area (Å²) in [6, 6.07) is 18.6. The molecule has 0 aromatic heterocycles. The standard InChI is InChI=1S/C21H24N2O4/c24-20(25)19-13-7-8-14-23(19)21(26)27-22(15-17-9-3-1-4-10-17)16-18-11-5-2-6-12-18/h1-6,9-12,19H,7-8,13-16H2,(H,24,25). The molecule has 1 aliphatic rings. The highest BCUT2D eigenvalue weighted by Crippen LogP contribution is 2.20. The van der Waals surface area contributed by atoms with Gasteiger partial charge in [0.1, 0.15) is 6.04 Å². The van der Waals surface area contributed by atoms with E-state index >= 15 is 0 Å². The zero-order chi connectivity index (χ0) is 19.1. The minimum absolute atomic E-state index is 0.403. The fraction of sp³-hybridized carbons (Fsp3) is 0.333. The lowest BCUT2D eigenvalue weighted by molar-refractivity contribution is -0.151. The Morgan fingerprint density at radius 2 is 1.52 bits per heavy atom. The van der Waals surface area contributed by atoms with E-state index in [1.807, 2.05) is 60.7 Å². The molecule has 0 saturated carbocycles. The zero-order valence-electron chi connectivity index (χ0n) is 15.2. The Labute approximate surface area is 158 Å². The van der Waals surface area contributed by atoms with Crippen LogP contribution >= 0.6 is 0 Å². The van der Waals surface area contributed by atoms with E-state index in [-0.39, 0.29) is 0 Å². The first kappa shape index (κ1) is 18.9. The van der Waals surface area contributed by atoms with Crippen molar-refractivity contribution < 1.29 is 19.5 Å². The smallest absolute Gasteiger partial charge is 0.429 e. The van der Waals surface area contributed by atoms with Crippen molar-refractivity contribution in [1.82, 2.24) is 9.96 Å². The van der Waals surface area contributed by atoms with Gasteiger partial charge in [-0.3, -0.25) is 4.90 Å². The van der Waals surface area contributed by atoms with Crippen LogP contribution < -0.4 is 0 Å². The molecule has 1 atom stereocenters. The molecule has 1 N–H and O–H groups in total. The molecule has 1 unspecified atom stereocenters. The number of benzene rings is 2. The molecular formula is C21H24N2O4. The van der Waals surface area contributed by atoms with Gasteiger partial charge in [-0.1, -0.05) is 60.7 Å². The number of carboxylic acid groups (broad SMARTS) is 1. The average Bonchev–Trinajstić information content (AvgIpc) is 2.69. The van der Waals surface area contributed by atoms with Crippen LogP contribution in [0.5, 0.6) is 0 Å². The van der Waals surface area contributed by atoms with Crippen LogP contribution in [0.15, 0.2) is 60.7 Å². The normalized spacial score (nSPS) is 16.9. The first-order valence-electron chi connectivity index (χ1n) is 9.17. The Morgan fingerprint density at radius 1 is 0.963 bits per heavy atom. The molecule has 1 heterocycles. The molecule has 0 spiro atoms. The molecule has 1 saturated heterocycles. The summed E-state index contributed by atoms with van der Waals surface area (Å²) in [6.45, 7) is 1.25. The van der Waals surface area contributed by atoms with E-state index in [0.29, 0.717) is 26.1 Å². The quantitative estimate of drug-likeness (QED) is 0.788. The maximum absolute atomic E-state index is 12.7. The highest BCUT2D eigenvalue weighted by Gasteiger charge is 2.34. The number of hydrogen-bond donors (Lipinski definition) is 1. The van der Waals surface area contributed by atoms with Gasteiger partial charge in [-0.05, 0) is 30.4 Å². The third-order valence-corrected chi connectivity index (χ3v) is 4.63. The average molecular weight is 368 g/mol. The van der Waals surface area contributed by atoms with E-state index < -0.39 is 18.1 Å². The number of hydroxylamine groups is 2. The molecular weight excluding hydrogens is 344 g/mol.